The number of benzene rings is 2. The predicted molar refractivity (Wildman–Crippen MR) is 104 cm³/mol. The second-order valence-corrected chi connectivity index (χ2v) is 6.86. The van der Waals surface area contributed by atoms with Crippen molar-refractivity contribution in [3.05, 3.63) is 53.6 Å². The van der Waals surface area contributed by atoms with Gasteiger partial charge in [0.25, 0.3) is 0 Å². The molecule has 1 heterocycles. The fraction of sp³-hybridized carbons (Fsp3) is 0.286. The highest BCUT2D eigenvalue weighted by Crippen LogP contribution is 2.34. The van der Waals surface area contributed by atoms with E-state index in [1.165, 1.54) is 24.3 Å². The van der Waals surface area contributed by atoms with Crippen molar-refractivity contribution >= 4 is 11.9 Å². The molecule has 0 saturated carbocycles. The molecule has 9 heteroatoms. The molecule has 1 aliphatic heterocycles. The van der Waals surface area contributed by atoms with Crippen LogP contribution in [0.15, 0.2) is 42.5 Å². The SMILES string of the molecule is O=C(/C=C/c1ccc(O)cc1)c1c(O)cc(O)cc1OC[C@H]1O[C@@H](O)C[C@@H](O)[C@@H]1O. The minimum atomic E-state index is -1.33. The van der Waals surface area contributed by atoms with Gasteiger partial charge in [0, 0.05) is 18.6 Å². The number of allylic oxidation sites excluding steroid dienone is 1. The number of rotatable bonds is 6. The smallest absolute Gasteiger partial charge is 0.193 e. The summed E-state index contributed by atoms with van der Waals surface area (Å²) in [6.45, 7) is -0.361. The Hall–Kier alpha value is -3.11. The van der Waals surface area contributed by atoms with Gasteiger partial charge in [0.15, 0.2) is 12.1 Å². The molecule has 1 saturated heterocycles. The molecule has 1 fully saturated rings. The number of hydrogen-bond donors (Lipinski definition) is 6. The average Bonchev–Trinajstić information content (AvgIpc) is 2.68. The Morgan fingerprint density at radius 3 is 2.47 bits per heavy atom. The summed E-state index contributed by atoms with van der Waals surface area (Å²) in [7, 11) is 0. The van der Waals surface area contributed by atoms with Gasteiger partial charge in [0.1, 0.15) is 47.4 Å². The number of aliphatic hydroxyl groups is 3. The fourth-order valence-electron chi connectivity index (χ4n) is 3.03. The Kier molecular flexibility index (Phi) is 6.58. The molecule has 2 aromatic rings. The summed E-state index contributed by atoms with van der Waals surface area (Å²) >= 11 is 0. The second-order valence-electron chi connectivity index (χ2n) is 6.86. The summed E-state index contributed by atoms with van der Waals surface area (Å²) < 4.78 is 10.6. The zero-order valence-electron chi connectivity index (χ0n) is 15.8. The van der Waals surface area contributed by atoms with Crippen molar-refractivity contribution in [3.8, 4) is 23.0 Å². The lowest BCUT2D eigenvalue weighted by Crippen LogP contribution is -2.50. The monoisotopic (exact) mass is 418 g/mol. The Morgan fingerprint density at radius 1 is 1.07 bits per heavy atom. The lowest BCUT2D eigenvalue weighted by atomic mass is 10.0. The molecule has 0 unspecified atom stereocenters. The van der Waals surface area contributed by atoms with E-state index in [0.29, 0.717) is 5.56 Å². The molecular formula is C21H22O9. The zero-order chi connectivity index (χ0) is 21.8. The van der Waals surface area contributed by atoms with Gasteiger partial charge in [-0.15, -0.1) is 0 Å². The van der Waals surface area contributed by atoms with E-state index in [4.69, 9.17) is 9.47 Å². The molecule has 3 rings (SSSR count). The van der Waals surface area contributed by atoms with Crippen LogP contribution >= 0.6 is 0 Å². The van der Waals surface area contributed by atoms with Crippen LogP contribution in [0, 0.1) is 0 Å². The molecule has 1 aliphatic rings. The molecule has 0 amide bonds. The van der Waals surface area contributed by atoms with Crippen LogP contribution in [0.5, 0.6) is 23.0 Å². The van der Waals surface area contributed by atoms with Crippen molar-refractivity contribution in [2.75, 3.05) is 6.61 Å². The number of ketones is 1. The third-order valence-corrected chi connectivity index (χ3v) is 4.59. The van der Waals surface area contributed by atoms with Gasteiger partial charge in [-0.05, 0) is 23.8 Å². The second kappa shape index (κ2) is 9.14. The largest absolute Gasteiger partial charge is 0.508 e. The van der Waals surface area contributed by atoms with Gasteiger partial charge in [-0.25, -0.2) is 0 Å². The number of aliphatic hydroxyl groups excluding tert-OH is 3. The fourth-order valence-corrected chi connectivity index (χ4v) is 3.03. The highest BCUT2D eigenvalue weighted by molar-refractivity contribution is 6.10. The van der Waals surface area contributed by atoms with Crippen LogP contribution in [-0.4, -0.2) is 67.6 Å². The molecule has 0 aliphatic carbocycles. The third-order valence-electron chi connectivity index (χ3n) is 4.59. The van der Waals surface area contributed by atoms with Gasteiger partial charge < -0.3 is 40.1 Å². The van der Waals surface area contributed by atoms with Gasteiger partial charge in [-0.3, -0.25) is 4.79 Å². The molecule has 30 heavy (non-hydrogen) atoms. The lowest BCUT2D eigenvalue weighted by Gasteiger charge is -2.34. The molecule has 6 N–H and O–H groups in total. The zero-order valence-corrected chi connectivity index (χ0v) is 15.8. The standard InChI is InChI=1S/C21H22O9/c22-12-4-1-11(2-5-12)3-6-14(24)20-15(25)7-13(23)8-17(20)29-10-18-21(28)16(26)9-19(27)30-18/h1-8,16,18-19,21-23,25-28H,9-10H2/b6-3+/t16-,18-,19-,21+/m1/s1. The number of carbonyl (C=O) groups excluding carboxylic acids is 1. The molecular weight excluding hydrogens is 396 g/mol. The third kappa shape index (κ3) is 5.08. The quantitative estimate of drug-likeness (QED) is 0.296. The molecule has 0 bridgehead atoms. The first kappa shape index (κ1) is 21.6. The van der Waals surface area contributed by atoms with E-state index in [-0.39, 0.29) is 35.8 Å². The predicted octanol–water partition coefficient (Wildman–Crippen LogP) is 0.907. The van der Waals surface area contributed by atoms with E-state index in [1.807, 2.05) is 0 Å². The maximum absolute atomic E-state index is 12.6. The Morgan fingerprint density at radius 2 is 1.77 bits per heavy atom. The van der Waals surface area contributed by atoms with Crippen molar-refractivity contribution in [3.63, 3.8) is 0 Å². The minimum absolute atomic E-state index is 0.0766. The highest BCUT2D eigenvalue weighted by Gasteiger charge is 2.36. The first-order chi connectivity index (χ1) is 14.2. The lowest BCUT2D eigenvalue weighted by molar-refractivity contribution is -0.237. The van der Waals surface area contributed by atoms with Gasteiger partial charge in [-0.2, -0.15) is 0 Å². The van der Waals surface area contributed by atoms with Crippen LogP contribution in [0.1, 0.15) is 22.3 Å². The van der Waals surface area contributed by atoms with Crippen molar-refractivity contribution in [2.45, 2.75) is 31.0 Å². The van der Waals surface area contributed by atoms with Crippen LogP contribution in [0.3, 0.4) is 0 Å². The number of carbonyl (C=O) groups is 1. The van der Waals surface area contributed by atoms with Gasteiger partial charge in [0.05, 0.1) is 6.10 Å². The molecule has 0 radical (unpaired) electrons. The summed E-state index contributed by atoms with van der Waals surface area (Å²) in [5, 5.41) is 58.5. The number of phenols is 3. The topological polar surface area (TPSA) is 157 Å². The summed E-state index contributed by atoms with van der Waals surface area (Å²) in [5.41, 5.74) is 0.401. The van der Waals surface area contributed by atoms with Crippen molar-refractivity contribution in [1.82, 2.24) is 0 Å². The van der Waals surface area contributed by atoms with Crippen molar-refractivity contribution in [1.29, 1.82) is 0 Å². The number of ether oxygens (including phenoxy) is 2. The van der Waals surface area contributed by atoms with Gasteiger partial charge in [0.2, 0.25) is 0 Å². The summed E-state index contributed by atoms with van der Waals surface area (Å²) in [6.07, 6.45) is -2.42. The van der Waals surface area contributed by atoms with E-state index in [2.05, 4.69) is 0 Å². The molecule has 2 aromatic carbocycles. The Labute approximate surface area is 171 Å². The van der Waals surface area contributed by atoms with E-state index >= 15 is 0 Å². The Balaban J connectivity index is 1.79. The Bertz CT molecular complexity index is 923. The van der Waals surface area contributed by atoms with Crippen LogP contribution in [0.4, 0.5) is 0 Å². The van der Waals surface area contributed by atoms with Crippen molar-refractivity contribution < 1.29 is 44.9 Å². The minimum Gasteiger partial charge on any atom is -0.508 e. The molecule has 0 aromatic heterocycles. The number of phenolic OH excluding ortho intramolecular Hbond substituents is 3. The van der Waals surface area contributed by atoms with Crippen LogP contribution in [0.2, 0.25) is 0 Å². The molecule has 9 nitrogen and oxygen atoms in total. The highest BCUT2D eigenvalue weighted by atomic mass is 16.6. The summed E-state index contributed by atoms with van der Waals surface area (Å²) in [6, 6.07) is 8.18. The van der Waals surface area contributed by atoms with Gasteiger partial charge >= 0.3 is 0 Å². The number of aromatic hydroxyl groups is 3. The van der Waals surface area contributed by atoms with Crippen LogP contribution in [-0.2, 0) is 4.74 Å². The maximum Gasteiger partial charge on any atom is 0.193 e. The first-order valence-corrected chi connectivity index (χ1v) is 9.14. The molecule has 0 spiro atoms. The summed E-state index contributed by atoms with van der Waals surface area (Å²) in [4.78, 5) is 12.6. The number of hydrogen-bond acceptors (Lipinski definition) is 9. The first-order valence-electron chi connectivity index (χ1n) is 9.14. The average molecular weight is 418 g/mol. The van der Waals surface area contributed by atoms with E-state index in [9.17, 15) is 35.4 Å². The van der Waals surface area contributed by atoms with E-state index in [1.54, 1.807) is 12.1 Å². The molecule has 4 atom stereocenters. The molecule has 160 valence electrons. The van der Waals surface area contributed by atoms with Crippen LogP contribution < -0.4 is 4.74 Å². The summed E-state index contributed by atoms with van der Waals surface area (Å²) in [5.74, 6) is -1.59. The normalized spacial score (nSPS) is 24.1. The van der Waals surface area contributed by atoms with Crippen LogP contribution in [0.25, 0.3) is 6.08 Å². The van der Waals surface area contributed by atoms with Gasteiger partial charge in [-0.1, -0.05) is 18.2 Å². The van der Waals surface area contributed by atoms with Crippen molar-refractivity contribution in [2.24, 2.45) is 0 Å². The van der Waals surface area contributed by atoms with E-state index in [0.717, 1.165) is 12.1 Å². The van der Waals surface area contributed by atoms with E-state index < -0.39 is 36.1 Å². The maximum atomic E-state index is 12.6.